The lowest BCUT2D eigenvalue weighted by Gasteiger charge is -2.33. The number of rotatable bonds is 3. The summed E-state index contributed by atoms with van der Waals surface area (Å²) in [6.07, 6.45) is 6.76. The molecule has 3 unspecified atom stereocenters. The average Bonchev–Trinajstić information content (AvgIpc) is 2.59. The predicted octanol–water partition coefficient (Wildman–Crippen LogP) is 0.939. The Hall–Kier alpha value is -0.0900. The minimum absolute atomic E-state index is 0.161. The van der Waals surface area contributed by atoms with Crippen LogP contribution in [0.25, 0.3) is 0 Å². The van der Waals surface area contributed by atoms with Crippen LogP contribution in [0.4, 0.5) is 0 Å². The van der Waals surface area contributed by atoms with Gasteiger partial charge < -0.3 is 5.73 Å². The van der Waals surface area contributed by atoms with Crippen molar-refractivity contribution >= 4 is 9.84 Å². The number of nitrogens with two attached hydrogens (primary N) is 1. The van der Waals surface area contributed by atoms with Gasteiger partial charge in [-0.25, -0.2) is 8.42 Å². The molecule has 14 heavy (non-hydrogen) atoms. The summed E-state index contributed by atoms with van der Waals surface area (Å²) in [4.78, 5) is 0. The van der Waals surface area contributed by atoms with Crippen LogP contribution in [0.2, 0.25) is 0 Å². The van der Waals surface area contributed by atoms with Crippen molar-refractivity contribution < 1.29 is 8.42 Å². The Labute approximate surface area is 86.0 Å². The van der Waals surface area contributed by atoms with E-state index in [4.69, 9.17) is 5.73 Å². The Bertz CT molecular complexity index is 325. The van der Waals surface area contributed by atoms with E-state index in [1.54, 1.807) is 0 Å². The largest absolute Gasteiger partial charge is 0.325 e. The Morgan fingerprint density at radius 2 is 2.14 bits per heavy atom. The third-order valence-corrected chi connectivity index (χ3v) is 4.91. The molecule has 0 aromatic heterocycles. The van der Waals surface area contributed by atoms with Crippen LogP contribution in [-0.2, 0) is 9.84 Å². The molecule has 0 amide bonds. The van der Waals surface area contributed by atoms with Crippen molar-refractivity contribution in [3.05, 3.63) is 0 Å². The first-order valence-corrected chi connectivity index (χ1v) is 7.42. The van der Waals surface area contributed by atoms with Gasteiger partial charge in [0.25, 0.3) is 0 Å². The van der Waals surface area contributed by atoms with E-state index in [1.807, 2.05) is 0 Å². The van der Waals surface area contributed by atoms with Gasteiger partial charge in [-0.3, -0.25) is 0 Å². The van der Waals surface area contributed by atoms with Crippen molar-refractivity contribution in [2.24, 2.45) is 17.6 Å². The molecule has 0 heterocycles. The highest BCUT2D eigenvalue weighted by Gasteiger charge is 2.48. The fraction of sp³-hybridized carbons (Fsp3) is 1.00. The molecule has 2 N–H and O–H groups in total. The summed E-state index contributed by atoms with van der Waals surface area (Å²) < 4.78 is 22.2. The lowest BCUT2D eigenvalue weighted by molar-refractivity contribution is 0.263. The lowest BCUT2D eigenvalue weighted by Crippen LogP contribution is -2.46. The second-order valence-corrected chi connectivity index (χ2v) is 7.45. The summed E-state index contributed by atoms with van der Waals surface area (Å²) in [5.41, 5.74) is 6.13. The topological polar surface area (TPSA) is 60.2 Å². The van der Waals surface area contributed by atoms with Gasteiger partial charge >= 0.3 is 0 Å². The Morgan fingerprint density at radius 3 is 2.57 bits per heavy atom. The zero-order chi connectivity index (χ0) is 10.4. The molecule has 0 spiro atoms. The van der Waals surface area contributed by atoms with Gasteiger partial charge in [0.2, 0.25) is 0 Å². The fourth-order valence-corrected chi connectivity index (χ4v) is 3.92. The highest BCUT2D eigenvalue weighted by molar-refractivity contribution is 7.90. The first-order chi connectivity index (χ1) is 6.39. The summed E-state index contributed by atoms with van der Waals surface area (Å²) in [5, 5.41) is 0. The third-order valence-electron chi connectivity index (χ3n) is 3.96. The van der Waals surface area contributed by atoms with Crippen LogP contribution in [-0.4, -0.2) is 26.0 Å². The summed E-state index contributed by atoms with van der Waals surface area (Å²) in [7, 11) is -2.85. The maximum absolute atomic E-state index is 11.1. The van der Waals surface area contributed by atoms with E-state index in [2.05, 4.69) is 0 Å². The molecule has 0 aliphatic heterocycles. The van der Waals surface area contributed by atoms with Crippen molar-refractivity contribution in [1.82, 2.24) is 0 Å². The molecule has 2 bridgehead atoms. The van der Waals surface area contributed by atoms with E-state index in [0.29, 0.717) is 12.3 Å². The van der Waals surface area contributed by atoms with E-state index in [-0.39, 0.29) is 11.3 Å². The third kappa shape index (κ3) is 1.96. The van der Waals surface area contributed by atoms with Crippen molar-refractivity contribution in [2.75, 3.05) is 12.0 Å². The van der Waals surface area contributed by atoms with Crippen LogP contribution in [0.3, 0.4) is 0 Å². The predicted molar refractivity (Wildman–Crippen MR) is 56.7 cm³/mol. The molecule has 4 heteroatoms. The highest BCUT2D eigenvalue weighted by atomic mass is 32.2. The van der Waals surface area contributed by atoms with E-state index in [9.17, 15) is 8.42 Å². The van der Waals surface area contributed by atoms with Gasteiger partial charge in [-0.2, -0.15) is 0 Å². The zero-order valence-electron chi connectivity index (χ0n) is 8.70. The van der Waals surface area contributed by atoms with E-state index in [1.165, 1.54) is 25.5 Å². The van der Waals surface area contributed by atoms with E-state index >= 15 is 0 Å². The molecule has 0 radical (unpaired) electrons. The average molecular weight is 217 g/mol. The van der Waals surface area contributed by atoms with Gasteiger partial charge in [0.15, 0.2) is 0 Å². The van der Waals surface area contributed by atoms with Crippen LogP contribution >= 0.6 is 0 Å². The summed E-state index contributed by atoms with van der Waals surface area (Å²) in [6, 6.07) is 0. The molecular weight excluding hydrogens is 198 g/mol. The molecule has 3 atom stereocenters. The second kappa shape index (κ2) is 3.20. The SMILES string of the molecule is CS(=O)(=O)CCC1(N)CC2CCC1C2. The smallest absolute Gasteiger partial charge is 0.147 e. The molecule has 0 saturated heterocycles. The Morgan fingerprint density at radius 1 is 1.43 bits per heavy atom. The standard InChI is InChI=1S/C10H19NO2S/c1-14(12,13)5-4-10(11)7-8-2-3-9(10)6-8/h8-9H,2-7,11H2,1H3. The number of fused-ring (bicyclic) bond motifs is 2. The van der Waals surface area contributed by atoms with Crippen LogP contribution < -0.4 is 5.73 Å². The summed E-state index contributed by atoms with van der Waals surface area (Å²) in [6.45, 7) is 0. The maximum atomic E-state index is 11.1. The molecule has 2 aliphatic rings. The van der Waals surface area contributed by atoms with Gasteiger partial charge in [0.1, 0.15) is 9.84 Å². The number of sulfone groups is 1. The molecule has 2 fully saturated rings. The number of hydrogen-bond acceptors (Lipinski definition) is 3. The molecule has 3 nitrogen and oxygen atoms in total. The quantitative estimate of drug-likeness (QED) is 0.765. The molecule has 0 aromatic carbocycles. The Kier molecular flexibility index (Phi) is 2.39. The van der Waals surface area contributed by atoms with Gasteiger partial charge in [-0.05, 0) is 37.5 Å². The summed E-state index contributed by atoms with van der Waals surface area (Å²) >= 11 is 0. The van der Waals surface area contributed by atoms with Crippen molar-refractivity contribution in [3.8, 4) is 0 Å². The lowest BCUT2D eigenvalue weighted by atomic mass is 9.80. The minimum atomic E-state index is -2.85. The zero-order valence-corrected chi connectivity index (χ0v) is 9.52. The van der Waals surface area contributed by atoms with Gasteiger partial charge in [0, 0.05) is 11.8 Å². The van der Waals surface area contributed by atoms with Gasteiger partial charge in [-0.1, -0.05) is 6.42 Å². The summed E-state index contributed by atoms with van der Waals surface area (Å²) in [5.74, 6) is 1.63. The monoisotopic (exact) mass is 217 g/mol. The first-order valence-electron chi connectivity index (χ1n) is 5.36. The van der Waals surface area contributed by atoms with Crippen LogP contribution in [0.5, 0.6) is 0 Å². The maximum Gasteiger partial charge on any atom is 0.147 e. The fourth-order valence-electron chi connectivity index (χ4n) is 3.17. The van der Waals surface area contributed by atoms with E-state index < -0.39 is 9.84 Å². The van der Waals surface area contributed by atoms with Gasteiger partial charge in [-0.15, -0.1) is 0 Å². The molecular formula is C10H19NO2S. The highest BCUT2D eigenvalue weighted by Crippen LogP contribution is 2.50. The van der Waals surface area contributed by atoms with Gasteiger partial charge in [0.05, 0.1) is 5.75 Å². The normalized spacial score (nSPS) is 41.9. The second-order valence-electron chi connectivity index (χ2n) is 5.19. The van der Waals surface area contributed by atoms with Crippen molar-refractivity contribution in [3.63, 3.8) is 0 Å². The van der Waals surface area contributed by atoms with Crippen LogP contribution in [0.15, 0.2) is 0 Å². The molecule has 2 rings (SSSR count). The Balaban J connectivity index is 1.98. The van der Waals surface area contributed by atoms with E-state index in [0.717, 1.165) is 12.3 Å². The van der Waals surface area contributed by atoms with Crippen molar-refractivity contribution in [1.29, 1.82) is 0 Å². The van der Waals surface area contributed by atoms with Crippen LogP contribution in [0, 0.1) is 11.8 Å². The minimum Gasteiger partial charge on any atom is -0.325 e. The molecule has 82 valence electrons. The molecule has 2 saturated carbocycles. The molecule has 0 aromatic rings. The van der Waals surface area contributed by atoms with Crippen LogP contribution in [0.1, 0.15) is 32.1 Å². The van der Waals surface area contributed by atoms with Crippen molar-refractivity contribution in [2.45, 2.75) is 37.6 Å². The molecule has 2 aliphatic carbocycles. The number of hydrogen-bond donors (Lipinski definition) is 1. The first kappa shape index (κ1) is 10.4.